The predicted octanol–water partition coefficient (Wildman–Crippen LogP) is 4.43. The molecule has 1 amide bonds. The van der Waals surface area contributed by atoms with E-state index in [9.17, 15) is 32.9 Å². The third kappa shape index (κ3) is 4.54. The number of hydrogen-bond acceptors (Lipinski definition) is 7. The minimum Gasteiger partial charge on any atom is -0.468 e. The van der Waals surface area contributed by atoms with Gasteiger partial charge in [-0.05, 0) is 43.7 Å². The van der Waals surface area contributed by atoms with Crippen molar-refractivity contribution in [2.45, 2.75) is 19.9 Å². The first-order valence-electron chi connectivity index (χ1n) is 9.29. The molecule has 12 heteroatoms. The zero-order chi connectivity index (χ0) is 24.4. The molecule has 0 aromatic heterocycles. The number of Topliss-reactive ketones (excluding diaryl/α,β-unsaturated/α-hetero) is 1. The zero-order valence-corrected chi connectivity index (χ0v) is 17.5. The Kier molecular flexibility index (Phi) is 6.47. The van der Waals surface area contributed by atoms with Crippen LogP contribution < -0.4 is 4.74 Å². The van der Waals surface area contributed by atoms with Gasteiger partial charge in [0, 0.05) is 23.4 Å². The Morgan fingerprint density at radius 1 is 1.12 bits per heavy atom. The van der Waals surface area contributed by atoms with Crippen molar-refractivity contribution in [2.24, 2.45) is 4.99 Å². The monoisotopic (exact) mass is 463 g/mol. The van der Waals surface area contributed by atoms with Crippen molar-refractivity contribution in [3.8, 4) is 5.75 Å². The van der Waals surface area contributed by atoms with Gasteiger partial charge in [0.1, 0.15) is 11.8 Å². The molecule has 1 aliphatic heterocycles. The van der Waals surface area contributed by atoms with Crippen LogP contribution in [0.4, 0.5) is 23.7 Å². The van der Waals surface area contributed by atoms with E-state index in [1.54, 1.807) is 0 Å². The van der Waals surface area contributed by atoms with E-state index >= 15 is 0 Å². The fourth-order valence-electron chi connectivity index (χ4n) is 3.26. The van der Waals surface area contributed by atoms with Crippen LogP contribution in [0, 0.1) is 27.6 Å². The molecule has 0 radical (unpaired) electrons. The molecule has 1 atom stereocenters. The van der Waals surface area contributed by atoms with Crippen LogP contribution >= 0.6 is 0 Å². The zero-order valence-electron chi connectivity index (χ0n) is 17.5. The Morgan fingerprint density at radius 3 is 2.18 bits per heavy atom. The van der Waals surface area contributed by atoms with Crippen molar-refractivity contribution in [3.63, 3.8) is 0 Å². The Labute approximate surface area is 184 Å². The maximum absolute atomic E-state index is 13.8. The number of hydrogen-bond donors (Lipinski definition) is 0. The van der Waals surface area contributed by atoms with Crippen LogP contribution in [0.3, 0.4) is 0 Å². The van der Waals surface area contributed by atoms with E-state index in [0.717, 1.165) is 24.0 Å². The molecule has 0 bridgehead atoms. The van der Waals surface area contributed by atoms with Crippen molar-refractivity contribution < 1.29 is 37.2 Å². The number of carbonyl (C=O) groups is 2. The quantitative estimate of drug-likeness (QED) is 0.377. The average Bonchev–Trinajstić information content (AvgIpc) is 2.76. The van der Waals surface area contributed by atoms with Crippen molar-refractivity contribution in [3.05, 3.63) is 80.8 Å². The van der Waals surface area contributed by atoms with Gasteiger partial charge in [-0.1, -0.05) is 0 Å². The van der Waals surface area contributed by atoms with E-state index in [1.807, 2.05) is 0 Å². The third-order valence-corrected chi connectivity index (χ3v) is 4.75. The molecule has 2 aromatic carbocycles. The number of ketones is 1. The highest BCUT2D eigenvalue weighted by Gasteiger charge is 2.37. The van der Waals surface area contributed by atoms with Gasteiger partial charge in [-0.25, -0.2) is 27.9 Å². The molecule has 1 unspecified atom stereocenters. The molecular formula is C21H16F3N3O6. The van der Waals surface area contributed by atoms with Gasteiger partial charge in [0.15, 0.2) is 23.2 Å². The summed E-state index contributed by atoms with van der Waals surface area (Å²) in [7, 11) is 1.17. The van der Waals surface area contributed by atoms with Gasteiger partial charge in [0.2, 0.25) is 0 Å². The van der Waals surface area contributed by atoms with Crippen LogP contribution in [0.1, 0.15) is 25.5 Å². The second kappa shape index (κ2) is 9.10. The highest BCUT2D eigenvalue weighted by Crippen LogP contribution is 2.36. The predicted molar refractivity (Wildman–Crippen MR) is 108 cm³/mol. The second-order valence-corrected chi connectivity index (χ2v) is 6.83. The van der Waals surface area contributed by atoms with E-state index in [-0.39, 0.29) is 34.3 Å². The fourth-order valence-corrected chi connectivity index (χ4v) is 3.26. The number of nitrogens with zero attached hydrogens (tertiary/aromatic N) is 3. The van der Waals surface area contributed by atoms with Gasteiger partial charge in [-0.3, -0.25) is 14.9 Å². The number of nitro benzene ring substituents is 1. The van der Waals surface area contributed by atoms with Crippen LogP contribution in [0.5, 0.6) is 5.75 Å². The summed E-state index contributed by atoms with van der Waals surface area (Å²) in [5, 5.41) is 10.8. The van der Waals surface area contributed by atoms with Crippen molar-refractivity contribution in [2.75, 3.05) is 7.11 Å². The number of amides is 1. The smallest absolute Gasteiger partial charge is 0.427 e. The number of ether oxygens (including phenoxy) is 2. The molecule has 3 rings (SSSR count). The van der Waals surface area contributed by atoms with Crippen LogP contribution in [0.25, 0.3) is 0 Å². The first-order chi connectivity index (χ1) is 15.5. The molecule has 33 heavy (non-hydrogen) atoms. The number of benzene rings is 2. The highest BCUT2D eigenvalue weighted by atomic mass is 19.2. The minimum atomic E-state index is -1.68. The first kappa shape index (κ1) is 23.4. The lowest BCUT2D eigenvalue weighted by atomic mass is 9.93. The SMILES string of the molecule is COC1=NC(c2cc(F)c(F)c(F)c2)C(C(C)=O)=C(C)N1C(=O)Oc1ccc([N+](=O)[O-])cc1. The van der Waals surface area contributed by atoms with Crippen LogP contribution in [-0.4, -0.2) is 34.8 Å². The minimum absolute atomic E-state index is 0.00333. The maximum atomic E-state index is 13.8. The van der Waals surface area contributed by atoms with Gasteiger partial charge in [-0.15, -0.1) is 0 Å². The van der Waals surface area contributed by atoms with Crippen molar-refractivity contribution in [1.82, 2.24) is 4.90 Å². The number of rotatable bonds is 4. The summed E-state index contributed by atoms with van der Waals surface area (Å²) in [6.07, 6.45) is -1.06. The number of aliphatic imine (C=N–C) groups is 1. The summed E-state index contributed by atoms with van der Waals surface area (Å²) in [4.78, 5) is 40.3. The molecule has 0 fully saturated rings. The number of allylic oxidation sites excluding steroid dienone is 1. The van der Waals surface area contributed by atoms with E-state index in [1.165, 1.54) is 26.2 Å². The molecule has 0 saturated carbocycles. The lowest BCUT2D eigenvalue weighted by Crippen LogP contribution is -2.42. The lowest BCUT2D eigenvalue weighted by Gasteiger charge is -2.31. The Hall–Kier alpha value is -4.22. The summed E-state index contributed by atoms with van der Waals surface area (Å²) in [6.45, 7) is 2.53. The van der Waals surface area contributed by atoms with Gasteiger partial charge in [0.25, 0.3) is 5.69 Å². The number of amidine groups is 1. The van der Waals surface area contributed by atoms with E-state index in [0.29, 0.717) is 12.1 Å². The number of nitro groups is 1. The van der Waals surface area contributed by atoms with Crippen LogP contribution in [0.2, 0.25) is 0 Å². The summed E-state index contributed by atoms with van der Waals surface area (Å²) in [6, 6.07) is 4.39. The number of halogens is 3. The summed E-state index contributed by atoms with van der Waals surface area (Å²) >= 11 is 0. The fraction of sp³-hybridized carbons (Fsp3) is 0.190. The molecule has 2 aromatic rings. The molecule has 0 aliphatic carbocycles. The summed E-state index contributed by atoms with van der Waals surface area (Å²) in [5.74, 6) is -5.24. The largest absolute Gasteiger partial charge is 0.468 e. The molecule has 0 saturated heterocycles. The molecule has 0 spiro atoms. The standard InChI is InChI=1S/C21H16F3N3O6/c1-10-17(11(2)28)19(12-8-15(22)18(24)16(23)9-12)25-20(32-3)26(10)21(29)33-14-6-4-13(5-7-14)27(30)31/h4-9,19H,1-3H3. The van der Waals surface area contributed by atoms with Gasteiger partial charge < -0.3 is 9.47 Å². The molecule has 1 aliphatic rings. The normalized spacial score (nSPS) is 15.8. The van der Waals surface area contributed by atoms with Gasteiger partial charge in [-0.2, -0.15) is 0 Å². The number of methoxy groups -OCH3 is 1. The van der Waals surface area contributed by atoms with Gasteiger partial charge >= 0.3 is 12.1 Å². The average molecular weight is 463 g/mol. The van der Waals surface area contributed by atoms with Crippen LogP contribution in [-0.2, 0) is 9.53 Å². The first-order valence-corrected chi connectivity index (χ1v) is 9.29. The topological polar surface area (TPSA) is 111 Å². The molecule has 1 heterocycles. The molecular weight excluding hydrogens is 447 g/mol. The Morgan fingerprint density at radius 2 is 1.70 bits per heavy atom. The third-order valence-electron chi connectivity index (χ3n) is 4.75. The maximum Gasteiger partial charge on any atom is 0.427 e. The van der Waals surface area contributed by atoms with E-state index < -0.39 is 40.3 Å². The number of non-ortho nitro benzene ring substituents is 1. The summed E-state index contributed by atoms with van der Waals surface area (Å²) < 4.78 is 51.3. The Balaban J connectivity index is 2.01. The highest BCUT2D eigenvalue weighted by molar-refractivity contribution is 6.02. The van der Waals surface area contributed by atoms with Crippen molar-refractivity contribution in [1.29, 1.82) is 0 Å². The lowest BCUT2D eigenvalue weighted by molar-refractivity contribution is -0.384. The van der Waals surface area contributed by atoms with Gasteiger partial charge in [0.05, 0.1) is 12.0 Å². The van der Waals surface area contributed by atoms with Crippen LogP contribution in [0.15, 0.2) is 52.7 Å². The molecule has 0 N–H and O–H groups in total. The van der Waals surface area contributed by atoms with E-state index in [2.05, 4.69) is 4.99 Å². The van der Waals surface area contributed by atoms with E-state index in [4.69, 9.17) is 9.47 Å². The second-order valence-electron chi connectivity index (χ2n) is 6.83. The number of carbonyl (C=O) groups excluding carboxylic acids is 2. The molecule has 9 nitrogen and oxygen atoms in total. The Bertz CT molecular complexity index is 1190. The molecule has 172 valence electrons. The summed E-state index contributed by atoms with van der Waals surface area (Å²) in [5.41, 5.74) is -0.504. The van der Waals surface area contributed by atoms with Crippen molar-refractivity contribution >= 4 is 23.6 Å².